The predicted octanol–water partition coefficient (Wildman–Crippen LogP) is 0.264. The molecule has 3 N–H and O–H groups in total. The standard InChI is InChI=1S/C13H16N4O2/c1-8-3-2-4-9(5-8)17-12(15-16-13(17)19)11-6-10(18)7-14-11/h2-5,10-11,14,18H,6-7H2,1H3,(H,16,19)/t10-,11+/m1/s1. The lowest BCUT2D eigenvalue weighted by atomic mass is 10.1. The van der Waals surface area contributed by atoms with Crippen LogP contribution in [-0.2, 0) is 0 Å². The van der Waals surface area contributed by atoms with Gasteiger partial charge in [-0.25, -0.2) is 14.5 Å². The first kappa shape index (κ1) is 12.1. The molecule has 2 atom stereocenters. The summed E-state index contributed by atoms with van der Waals surface area (Å²) < 4.78 is 1.56. The summed E-state index contributed by atoms with van der Waals surface area (Å²) in [4.78, 5) is 11.9. The smallest absolute Gasteiger partial charge is 0.347 e. The van der Waals surface area contributed by atoms with Gasteiger partial charge < -0.3 is 10.4 Å². The number of aromatic nitrogens is 3. The molecule has 1 aliphatic heterocycles. The maximum absolute atomic E-state index is 11.9. The average molecular weight is 260 g/mol. The van der Waals surface area contributed by atoms with Gasteiger partial charge in [0, 0.05) is 6.54 Å². The molecule has 1 saturated heterocycles. The van der Waals surface area contributed by atoms with Gasteiger partial charge in [0.15, 0.2) is 5.82 Å². The largest absolute Gasteiger partial charge is 0.392 e. The van der Waals surface area contributed by atoms with Crippen LogP contribution >= 0.6 is 0 Å². The minimum absolute atomic E-state index is 0.102. The second-order valence-electron chi connectivity index (χ2n) is 4.91. The summed E-state index contributed by atoms with van der Waals surface area (Å²) in [6.07, 6.45) is 0.179. The van der Waals surface area contributed by atoms with E-state index in [1.165, 1.54) is 0 Å². The number of H-pyrrole nitrogens is 1. The number of aliphatic hydroxyl groups is 1. The molecule has 0 amide bonds. The molecular formula is C13H16N4O2. The van der Waals surface area contributed by atoms with E-state index in [0.717, 1.165) is 11.3 Å². The van der Waals surface area contributed by atoms with Crippen LogP contribution in [-0.4, -0.2) is 32.5 Å². The van der Waals surface area contributed by atoms with Gasteiger partial charge in [-0.05, 0) is 31.0 Å². The van der Waals surface area contributed by atoms with E-state index in [-0.39, 0.29) is 17.8 Å². The SMILES string of the molecule is Cc1cccc(-n2c([C@@H]3C[C@@H](O)CN3)n[nH]c2=O)c1. The van der Waals surface area contributed by atoms with Crippen molar-refractivity contribution in [2.75, 3.05) is 6.54 Å². The zero-order valence-electron chi connectivity index (χ0n) is 10.6. The van der Waals surface area contributed by atoms with Crippen LogP contribution in [0.4, 0.5) is 0 Å². The van der Waals surface area contributed by atoms with Crippen LogP contribution < -0.4 is 11.0 Å². The lowest BCUT2D eigenvalue weighted by Gasteiger charge is -2.11. The molecule has 1 aromatic carbocycles. The highest BCUT2D eigenvalue weighted by Crippen LogP contribution is 2.22. The fourth-order valence-electron chi connectivity index (χ4n) is 2.47. The van der Waals surface area contributed by atoms with E-state index < -0.39 is 0 Å². The van der Waals surface area contributed by atoms with E-state index in [9.17, 15) is 9.90 Å². The van der Waals surface area contributed by atoms with Crippen molar-refractivity contribution in [1.29, 1.82) is 0 Å². The third-order valence-corrected chi connectivity index (χ3v) is 3.38. The summed E-state index contributed by atoms with van der Waals surface area (Å²) >= 11 is 0. The molecule has 2 heterocycles. The summed E-state index contributed by atoms with van der Waals surface area (Å²) in [6, 6.07) is 7.59. The van der Waals surface area contributed by atoms with Gasteiger partial charge in [-0.15, -0.1) is 0 Å². The van der Waals surface area contributed by atoms with Gasteiger partial charge in [-0.1, -0.05) is 12.1 Å². The highest BCUT2D eigenvalue weighted by molar-refractivity contribution is 5.36. The molecule has 0 bridgehead atoms. The monoisotopic (exact) mass is 260 g/mol. The van der Waals surface area contributed by atoms with Crippen LogP contribution in [0.3, 0.4) is 0 Å². The molecule has 6 heteroatoms. The normalized spacial score (nSPS) is 22.8. The molecule has 1 aromatic heterocycles. The van der Waals surface area contributed by atoms with Crippen LogP contribution in [0.25, 0.3) is 5.69 Å². The number of rotatable bonds is 2. The second kappa shape index (κ2) is 4.64. The first-order valence-electron chi connectivity index (χ1n) is 6.31. The Bertz CT molecular complexity index is 646. The van der Waals surface area contributed by atoms with E-state index in [0.29, 0.717) is 18.8 Å². The quantitative estimate of drug-likeness (QED) is 0.723. The molecule has 2 aromatic rings. The van der Waals surface area contributed by atoms with Gasteiger partial charge in [0.2, 0.25) is 0 Å². The summed E-state index contributed by atoms with van der Waals surface area (Å²) in [5.41, 5.74) is 1.61. The highest BCUT2D eigenvalue weighted by atomic mass is 16.3. The Morgan fingerprint density at radius 3 is 3.00 bits per heavy atom. The van der Waals surface area contributed by atoms with Gasteiger partial charge in [0.05, 0.1) is 17.8 Å². The first-order valence-corrected chi connectivity index (χ1v) is 6.31. The third kappa shape index (κ3) is 2.20. The minimum atomic E-state index is -0.386. The fraction of sp³-hybridized carbons (Fsp3) is 0.385. The van der Waals surface area contributed by atoms with Crippen molar-refractivity contribution < 1.29 is 5.11 Å². The molecule has 0 saturated carbocycles. The fourth-order valence-corrected chi connectivity index (χ4v) is 2.47. The number of hydrogen-bond acceptors (Lipinski definition) is 4. The topological polar surface area (TPSA) is 82.9 Å². The molecular weight excluding hydrogens is 244 g/mol. The van der Waals surface area contributed by atoms with Crippen LogP contribution in [0, 0.1) is 6.92 Å². The van der Waals surface area contributed by atoms with E-state index in [1.54, 1.807) is 4.57 Å². The van der Waals surface area contributed by atoms with E-state index in [1.807, 2.05) is 31.2 Å². The molecule has 1 aliphatic rings. The molecule has 0 radical (unpaired) electrons. The number of aryl methyl sites for hydroxylation is 1. The third-order valence-electron chi connectivity index (χ3n) is 3.38. The second-order valence-corrected chi connectivity index (χ2v) is 4.91. The number of nitrogens with one attached hydrogen (secondary N) is 2. The van der Waals surface area contributed by atoms with Crippen LogP contribution in [0.5, 0.6) is 0 Å². The lowest BCUT2D eigenvalue weighted by Crippen LogP contribution is -2.22. The number of β-amino-alcohol motifs (C(OH)–C–C–N with tert-alkyl or cyclic N) is 1. The zero-order valence-corrected chi connectivity index (χ0v) is 10.6. The first-order chi connectivity index (χ1) is 9.15. The van der Waals surface area contributed by atoms with Crippen LogP contribution in [0.2, 0.25) is 0 Å². The molecule has 19 heavy (non-hydrogen) atoms. The Kier molecular flexibility index (Phi) is 2.96. The van der Waals surface area contributed by atoms with Gasteiger partial charge in [0.25, 0.3) is 0 Å². The van der Waals surface area contributed by atoms with E-state index >= 15 is 0 Å². The van der Waals surface area contributed by atoms with Crippen molar-refractivity contribution in [2.24, 2.45) is 0 Å². The Hall–Kier alpha value is -1.92. The summed E-state index contributed by atoms with van der Waals surface area (Å²) in [5, 5.41) is 19.3. The molecule has 3 rings (SSSR count). The molecule has 6 nitrogen and oxygen atoms in total. The zero-order chi connectivity index (χ0) is 13.4. The van der Waals surface area contributed by atoms with Crippen molar-refractivity contribution in [3.8, 4) is 5.69 Å². The maximum Gasteiger partial charge on any atom is 0.347 e. The van der Waals surface area contributed by atoms with Crippen molar-refractivity contribution in [3.05, 3.63) is 46.1 Å². The summed E-state index contributed by atoms with van der Waals surface area (Å²) in [6.45, 7) is 2.51. The van der Waals surface area contributed by atoms with Crippen LogP contribution in [0.15, 0.2) is 29.1 Å². The van der Waals surface area contributed by atoms with Gasteiger partial charge in [-0.3, -0.25) is 0 Å². The van der Waals surface area contributed by atoms with Crippen molar-refractivity contribution in [3.63, 3.8) is 0 Å². The Morgan fingerprint density at radius 2 is 2.32 bits per heavy atom. The number of nitrogens with zero attached hydrogens (tertiary/aromatic N) is 2. The van der Waals surface area contributed by atoms with Gasteiger partial charge in [0.1, 0.15) is 0 Å². The number of hydrogen-bond donors (Lipinski definition) is 3. The maximum atomic E-state index is 11.9. The Balaban J connectivity index is 2.06. The molecule has 0 unspecified atom stereocenters. The van der Waals surface area contributed by atoms with E-state index in [2.05, 4.69) is 15.5 Å². The molecule has 0 aliphatic carbocycles. The highest BCUT2D eigenvalue weighted by Gasteiger charge is 2.28. The van der Waals surface area contributed by atoms with Gasteiger partial charge in [-0.2, -0.15) is 5.10 Å². The molecule has 100 valence electrons. The molecule has 0 spiro atoms. The average Bonchev–Trinajstić information content (AvgIpc) is 2.95. The minimum Gasteiger partial charge on any atom is -0.392 e. The van der Waals surface area contributed by atoms with Gasteiger partial charge >= 0.3 is 5.69 Å². The van der Waals surface area contributed by atoms with Crippen LogP contribution in [0.1, 0.15) is 23.9 Å². The number of aliphatic hydroxyl groups excluding tert-OH is 1. The number of aromatic amines is 1. The predicted molar refractivity (Wildman–Crippen MR) is 70.3 cm³/mol. The number of benzene rings is 1. The Labute approximate surface area is 110 Å². The van der Waals surface area contributed by atoms with Crippen molar-refractivity contribution >= 4 is 0 Å². The Morgan fingerprint density at radius 1 is 1.47 bits per heavy atom. The summed E-state index contributed by atoms with van der Waals surface area (Å²) in [7, 11) is 0. The van der Waals surface area contributed by atoms with E-state index in [4.69, 9.17) is 0 Å². The van der Waals surface area contributed by atoms with Crippen molar-refractivity contribution in [2.45, 2.75) is 25.5 Å². The summed E-state index contributed by atoms with van der Waals surface area (Å²) in [5.74, 6) is 0.618. The molecule has 1 fully saturated rings. The van der Waals surface area contributed by atoms with Crippen molar-refractivity contribution in [1.82, 2.24) is 20.1 Å². The lowest BCUT2D eigenvalue weighted by molar-refractivity contribution is 0.193.